The van der Waals surface area contributed by atoms with Crippen LogP contribution in [-0.2, 0) is 6.18 Å². The van der Waals surface area contributed by atoms with Crippen molar-refractivity contribution in [3.8, 4) is 11.1 Å². The molecule has 0 aromatic heterocycles. The average Bonchev–Trinajstić information content (AvgIpc) is 2.37. The first kappa shape index (κ1) is 15.2. The Bertz CT molecular complexity index is 702. The van der Waals surface area contributed by atoms with Gasteiger partial charge in [0.25, 0.3) is 0 Å². The topological polar surface area (TPSA) is 17.1 Å². The van der Waals surface area contributed by atoms with Gasteiger partial charge in [0.15, 0.2) is 5.78 Å². The Labute approximate surface area is 119 Å². The molecular formula is C16H12F4O. The molecule has 0 bridgehead atoms. The molecule has 0 atom stereocenters. The van der Waals surface area contributed by atoms with Crippen molar-refractivity contribution in [2.75, 3.05) is 0 Å². The molecule has 0 aliphatic carbocycles. The number of carbonyl (C=O) groups is 1. The van der Waals surface area contributed by atoms with E-state index in [0.29, 0.717) is 5.56 Å². The first-order chi connectivity index (χ1) is 9.70. The van der Waals surface area contributed by atoms with Gasteiger partial charge >= 0.3 is 6.18 Å². The molecule has 2 rings (SSSR count). The molecule has 0 spiro atoms. The number of hydrogen-bond acceptors (Lipinski definition) is 1. The van der Waals surface area contributed by atoms with Crippen molar-refractivity contribution < 1.29 is 22.4 Å². The summed E-state index contributed by atoms with van der Waals surface area (Å²) in [6, 6.07) is 7.50. The van der Waals surface area contributed by atoms with E-state index in [2.05, 4.69) is 0 Å². The summed E-state index contributed by atoms with van der Waals surface area (Å²) in [6.07, 6.45) is -4.67. The second-order valence-electron chi connectivity index (χ2n) is 4.80. The summed E-state index contributed by atoms with van der Waals surface area (Å²) in [4.78, 5) is 11.3. The van der Waals surface area contributed by atoms with E-state index in [1.165, 1.54) is 18.2 Å². The van der Waals surface area contributed by atoms with Crippen LogP contribution in [0.25, 0.3) is 11.1 Å². The number of carbonyl (C=O) groups excluding carboxylic acids is 1. The second kappa shape index (κ2) is 5.31. The molecule has 21 heavy (non-hydrogen) atoms. The third-order valence-electron chi connectivity index (χ3n) is 3.14. The Balaban J connectivity index is 2.64. The maximum atomic E-state index is 13.9. The van der Waals surface area contributed by atoms with Crippen molar-refractivity contribution >= 4 is 5.78 Å². The van der Waals surface area contributed by atoms with E-state index in [-0.39, 0.29) is 11.1 Å². The number of halogens is 4. The molecule has 110 valence electrons. The predicted molar refractivity (Wildman–Crippen MR) is 71.6 cm³/mol. The molecule has 2 aromatic carbocycles. The summed E-state index contributed by atoms with van der Waals surface area (Å²) >= 11 is 0. The number of ketones is 1. The van der Waals surface area contributed by atoms with Crippen molar-refractivity contribution in [3.63, 3.8) is 0 Å². The number of hydrogen-bond donors (Lipinski definition) is 0. The standard InChI is InChI=1S/C16H12F4O/c1-9-3-5-13(15(17)7-9)11-4-6-12(10(2)21)14(8-11)16(18,19)20/h3-8H,1-2H3. The Morgan fingerprint density at radius 3 is 2.24 bits per heavy atom. The van der Waals surface area contributed by atoms with Gasteiger partial charge in [-0.3, -0.25) is 4.79 Å². The molecule has 0 heterocycles. The number of aryl methyl sites for hydroxylation is 1. The Morgan fingerprint density at radius 1 is 1.05 bits per heavy atom. The zero-order chi connectivity index (χ0) is 15.8. The summed E-state index contributed by atoms with van der Waals surface area (Å²) in [5, 5.41) is 0. The highest BCUT2D eigenvalue weighted by atomic mass is 19.4. The molecule has 1 nitrogen and oxygen atoms in total. The first-order valence-electron chi connectivity index (χ1n) is 6.19. The molecule has 0 N–H and O–H groups in total. The van der Waals surface area contributed by atoms with Crippen LogP contribution in [0.1, 0.15) is 28.4 Å². The third kappa shape index (κ3) is 3.12. The van der Waals surface area contributed by atoms with Gasteiger partial charge in [-0.1, -0.05) is 24.3 Å². The van der Waals surface area contributed by atoms with Crippen molar-refractivity contribution in [2.45, 2.75) is 20.0 Å². The molecule has 0 radical (unpaired) electrons. The SMILES string of the molecule is CC(=O)c1ccc(-c2ccc(C)cc2F)cc1C(F)(F)F. The van der Waals surface area contributed by atoms with E-state index >= 15 is 0 Å². The number of rotatable bonds is 2. The van der Waals surface area contributed by atoms with E-state index in [4.69, 9.17) is 0 Å². The van der Waals surface area contributed by atoms with E-state index in [9.17, 15) is 22.4 Å². The quantitative estimate of drug-likeness (QED) is 0.561. The maximum Gasteiger partial charge on any atom is 0.417 e. The van der Waals surface area contributed by atoms with Crippen LogP contribution >= 0.6 is 0 Å². The van der Waals surface area contributed by atoms with E-state index < -0.39 is 28.9 Å². The summed E-state index contributed by atoms with van der Waals surface area (Å²) < 4.78 is 52.9. The van der Waals surface area contributed by atoms with Gasteiger partial charge in [-0.05, 0) is 37.1 Å². The lowest BCUT2D eigenvalue weighted by molar-refractivity contribution is -0.137. The minimum Gasteiger partial charge on any atom is -0.294 e. The van der Waals surface area contributed by atoms with Gasteiger partial charge in [-0.15, -0.1) is 0 Å². The van der Waals surface area contributed by atoms with E-state index in [1.807, 2.05) is 0 Å². The lowest BCUT2D eigenvalue weighted by Crippen LogP contribution is -2.12. The molecule has 0 saturated heterocycles. The van der Waals surface area contributed by atoms with Crippen molar-refractivity contribution in [2.24, 2.45) is 0 Å². The summed E-state index contributed by atoms with van der Waals surface area (Å²) in [6.45, 7) is 2.75. The monoisotopic (exact) mass is 296 g/mol. The van der Waals surface area contributed by atoms with E-state index in [1.54, 1.807) is 13.0 Å². The fourth-order valence-electron chi connectivity index (χ4n) is 2.11. The maximum absolute atomic E-state index is 13.9. The van der Waals surface area contributed by atoms with Gasteiger partial charge in [0.05, 0.1) is 5.56 Å². The second-order valence-corrected chi connectivity index (χ2v) is 4.80. The zero-order valence-electron chi connectivity index (χ0n) is 11.4. The van der Waals surface area contributed by atoms with Crippen LogP contribution in [0.4, 0.5) is 17.6 Å². The third-order valence-corrected chi connectivity index (χ3v) is 3.14. The van der Waals surface area contributed by atoms with Crippen LogP contribution in [0.2, 0.25) is 0 Å². The Hall–Kier alpha value is -2.17. The number of Topliss-reactive ketones (excluding diaryl/α,β-unsaturated/α-hetero) is 1. The minimum atomic E-state index is -4.67. The van der Waals surface area contributed by atoms with Gasteiger partial charge in [0.2, 0.25) is 0 Å². The van der Waals surface area contributed by atoms with Crippen molar-refractivity contribution in [1.82, 2.24) is 0 Å². The first-order valence-corrected chi connectivity index (χ1v) is 6.19. The largest absolute Gasteiger partial charge is 0.417 e. The van der Waals surface area contributed by atoms with Crippen molar-refractivity contribution in [1.29, 1.82) is 0 Å². The molecule has 0 unspecified atom stereocenters. The molecule has 2 aromatic rings. The Kier molecular flexibility index (Phi) is 3.85. The fourth-order valence-corrected chi connectivity index (χ4v) is 2.11. The minimum absolute atomic E-state index is 0.0706. The highest BCUT2D eigenvalue weighted by molar-refractivity contribution is 5.96. The fraction of sp³-hybridized carbons (Fsp3) is 0.188. The highest BCUT2D eigenvalue weighted by Crippen LogP contribution is 2.35. The van der Waals surface area contributed by atoms with Crippen molar-refractivity contribution in [3.05, 3.63) is 58.9 Å². The number of alkyl halides is 3. The lowest BCUT2D eigenvalue weighted by Gasteiger charge is -2.13. The summed E-state index contributed by atoms with van der Waals surface area (Å²) in [5.74, 6) is -1.28. The van der Waals surface area contributed by atoms with Crippen LogP contribution in [0.3, 0.4) is 0 Å². The van der Waals surface area contributed by atoms with Gasteiger partial charge < -0.3 is 0 Å². The van der Waals surface area contributed by atoms with Crippen LogP contribution in [0, 0.1) is 12.7 Å². The molecule has 0 amide bonds. The average molecular weight is 296 g/mol. The normalized spacial score (nSPS) is 11.5. The molecule has 0 aliphatic rings. The molecule has 0 aliphatic heterocycles. The van der Waals surface area contributed by atoms with Crippen LogP contribution in [-0.4, -0.2) is 5.78 Å². The summed E-state index contributed by atoms with van der Waals surface area (Å²) in [7, 11) is 0. The molecule has 0 fully saturated rings. The highest BCUT2D eigenvalue weighted by Gasteiger charge is 2.34. The lowest BCUT2D eigenvalue weighted by atomic mass is 9.96. The van der Waals surface area contributed by atoms with Crippen LogP contribution in [0.15, 0.2) is 36.4 Å². The smallest absolute Gasteiger partial charge is 0.294 e. The molecule has 5 heteroatoms. The van der Waals surface area contributed by atoms with Crippen LogP contribution < -0.4 is 0 Å². The Morgan fingerprint density at radius 2 is 1.71 bits per heavy atom. The predicted octanol–water partition coefficient (Wildman–Crippen LogP) is 5.02. The molecule has 0 saturated carbocycles. The summed E-state index contributed by atoms with van der Waals surface area (Å²) in [5.41, 5.74) is -0.634. The van der Waals surface area contributed by atoms with E-state index in [0.717, 1.165) is 19.1 Å². The van der Waals surface area contributed by atoms with Crippen LogP contribution in [0.5, 0.6) is 0 Å². The zero-order valence-corrected chi connectivity index (χ0v) is 11.4. The molecular weight excluding hydrogens is 284 g/mol. The van der Waals surface area contributed by atoms with Gasteiger partial charge in [-0.2, -0.15) is 13.2 Å². The van der Waals surface area contributed by atoms with Gasteiger partial charge in [-0.25, -0.2) is 4.39 Å². The number of benzene rings is 2. The van der Waals surface area contributed by atoms with Gasteiger partial charge in [0, 0.05) is 11.1 Å². The van der Waals surface area contributed by atoms with Gasteiger partial charge in [0.1, 0.15) is 5.82 Å².